The second kappa shape index (κ2) is 5.85. The molecular weight excluding hydrogens is 205 g/mol. The summed E-state index contributed by atoms with van der Waals surface area (Å²) in [5.41, 5.74) is 1.45. The summed E-state index contributed by atoms with van der Waals surface area (Å²) in [6, 6.07) is 5.12. The van der Waals surface area contributed by atoms with Crippen LogP contribution in [0.4, 0.5) is 10.1 Å². The Hall–Kier alpha value is -1.09. The zero-order valence-corrected chi connectivity index (χ0v) is 10.2. The van der Waals surface area contributed by atoms with Crippen molar-refractivity contribution in [2.75, 3.05) is 11.9 Å². The van der Waals surface area contributed by atoms with Crippen LogP contribution in [0.3, 0.4) is 0 Å². The van der Waals surface area contributed by atoms with Gasteiger partial charge >= 0.3 is 0 Å². The van der Waals surface area contributed by atoms with Crippen LogP contribution < -0.4 is 4.90 Å². The van der Waals surface area contributed by atoms with Crippen LogP contribution in [0.15, 0.2) is 18.2 Å². The molecule has 2 nitrogen and oxygen atoms in total. The molecule has 0 unspecified atom stereocenters. The quantitative estimate of drug-likeness (QED) is 0.832. The van der Waals surface area contributed by atoms with Crippen LogP contribution >= 0.6 is 0 Å². The summed E-state index contributed by atoms with van der Waals surface area (Å²) in [6.45, 7) is 4.12. The third-order valence-corrected chi connectivity index (χ3v) is 3.02. The molecule has 0 spiro atoms. The lowest BCUT2D eigenvalue weighted by Gasteiger charge is -2.28. The van der Waals surface area contributed by atoms with Gasteiger partial charge in [-0.3, -0.25) is 0 Å². The van der Waals surface area contributed by atoms with Gasteiger partial charge in [-0.15, -0.1) is 0 Å². The third-order valence-electron chi connectivity index (χ3n) is 3.02. The van der Waals surface area contributed by atoms with E-state index >= 15 is 0 Å². The molecule has 90 valence electrons. The average molecular weight is 225 g/mol. The van der Waals surface area contributed by atoms with E-state index in [9.17, 15) is 4.39 Å². The van der Waals surface area contributed by atoms with Crippen molar-refractivity contribution in [2.24, 2.45) is 0 Å². The number of benzene rings is 1. The summed E-state index contributed by atoms with van der Waals surface area (Å²) >= 11 is 0. The van der Waals surface area contributed by atoms with E-state index in [1.807, 2.05) is 13.1 Å². The summed E-state index contributed by atoms with van der Waals surface area (Å²) in [6.07, 6.45) is 2.05. The van der Waals surface area contributed by atoms with E-state index < -0.39 is 0 Å². The molecule has 0 heterocycles. The minimum atomic E-state index is -0.292. The molecule has 0 fully saturated rings. The SMILES string of the molecule is CCC(CC)N(C)c1cc(F)cc(CO)c1. The summed E-state index contributed by atoms with van der Waals surface area (Å²) in [4.78, 5) is 2.07. The number of anilines is 1. The third kappa shape index (κ3) is 2.95. The lowest BCUT2D eigenvalue weighted by atomic mass is 10.1. The van der Waals surface area contributed by atoms with E-state index in [4.69, 9.17) is 5.11 Å². The molecule has 3 heteroatoms. The normalized spacial score (nSPS) is 10.9. The monoisotopic (exact) mass is 225 g/mol. The highest BCUT2D eigenvalue weighted by atomic mass is 19.1. The van der Waals surface area contributed by atoms with Gasteiger partial charge in [0.05, 0.1) is 6.61 Å². The summed E-state index contributed by atoms with van der Waals surface area (Å²) in [7, 11) is 1.97. The molecule has 16 heavy (non-hydrogen) atoms. The van der Waals surface area contributed by atoms with E-state index in [0.29, 0.717) is 11.6 Å². The molecule has 0 radical (unpaired) electrons. The first-order valence-corrected chi connectivity index (χ1v) is 5.75. The fourth-order valence-electron chi connectivity index (χ4n) is 1.98. The zero-order chi connectivity index (χ0) is 12.1. The van der Waals surface area contributed by atoms with Crippen molar-refractivity contribution in [3.05, 3.63) is 29.6 Å². The van der Waals surface area contributed by atoms with Gasteiger partial charge in [0.25, 0.3) is 0 Å². The average Bonchev–Trinajstić information content (AvgIpc) is 2.29. The highest BCUT2D eigenvalue weighted by Gasteiger charge is 2.12. The second-order valence-electron chi connectivity index (χ2n) is 4.06. The molecule has 1 aromatic rings. The van der Waals surface area contributed by atoms with Crippen molar-refractivity contribution in [1.29, 1.82) is 0 Å². The van der Waals surface area contributed by atoms with Gasteiger partial charge in [-0.25, -0.2) is 4.39 Å². The second-order valence-corrected chi connectivity index (χ2v) is 4.06. The van der Waals surface area contributed by atoms with Crippen molar-refractivity contribution in [3.63, 3.8) is 0 Å². The highest BCUT2D eigenvalue weighted by Crippen LogP contribution is 2.21. The predicted molar refractivity (Wildman–Crippen MR) is 65.1 cm³/mol. The van der Waals surface area contributed by atoms with Crippen LogP contribution in [0.5, 0.6) is 0 Å². The van der Waals surface area contributed by atoms with Gasteiger partial charge in [-0.2, -0.15) is 0 Å². The van der Waals surface area contributed by atoms with E-state index in [2.05, 4.69) is 18.7 Å². The summed E-state index contributed by atoms with van der Waals surface area (Å²) in [5.74, 6) is -0.292. The van der Waals surface area contributed by atoms with Gasteiger partial charge in [-0.05, 0) is 36.6 Å². The van der Waals surface area contributed by atoms with Crippen molar-refractivity contribution >= 4 is 5.69 Å². The lowest BCUT2D eigenvalue weighted by molar-refractivity contribution is 0.281. The molecule has 0 amide bonds. The smallest absolute Gasteiger partial charge is 0.125 e. The molecule has 1 N–H and O–H groups in total. The number of aliphatic hydroxyl groups excluding tert-OH is 1. The maximum absolute atomic E-state index is 13.3. The molecule has 1 aromatic carbocycles. The van der Waals surface area contributed by atoms with E-state index in [-0.39, 0.29) is 12.4 Å². The Bertz CT molecular complexity index is 337. The first-order chi connectivity index (χ1) is 7.62. The van der Waals surface area contributed by atoms with Crippen LogP contribution in [0.2, 0.25) is 0 Å². The fraction of sp³-hybridized carbons (Fsp3) is 0.538. The lowest BCUT2D eigenvalue weighted by Crippen LogP contribution is -2.30. The van der Waals surface area contributed by atoms with Gasteiger partial charge in [0.1, 0.15) is 5.82 Å². The van der Waals surface area contributed by atoms with Gasteiger partial charge in [0, 0.05) is 18.8 Å². The van der Waals surface area contributed by atoms with E-state index in [1.165, 1.54) is 12.1 Å². The molecule has 0 aliphatic rings. The number of rotatable bonds is 5. The Morgan fingerprint density at radius 3 is 2.38 bits per heavy atom. The number of hydrogen-bond donors (Lipinski definition) is 1. The Kier molecular flexibility index (Phi) is 4.74. The summed E-state index contributed by atoms with van der Waals surface area (Å²) in [5, 5.41) is 9.04. The molecule has 1 rings (SSSR count). The zero-order valence-electron chi connectivity index (χ0n) is 10.2. The van der Waals surface area contributed by atoms with Crippen molar-refractivity contribution in [1.82, 2.24) is 0 Å². The molecule has 0 saturated carbocycles. The molecule has 0 aliphatic heterocycles. The molecular formula is C13H20FNO. The predicted octanol–water partition coefficient (Wildman–Crippen LogP) is 2.94. The molecule has 0 aromatic heterocycles. The molecule has 0 aliphatic carbocycles. The topological polar surface area (TPSA) is 23.5 Å². The van der Waals surface area contributed by atoms with Crippen molar-refractivity contribution in [2.45, 2.75) is 39.3 Å². The minimum absolute atomic E-state index is 0.123. The van der Waals surface area contributed by atoms with Crippen LogP contribution in [0, 0.1) is 5.82 Å². The highest BCUT2D eigenvalue weighted by molar-refractivity contribution is 5.49. The Morgan fingerprint density at radius 2 is 1.88 bits per heavy atom. The molecule has 0 saturated heterocycles. The van der Waals surface area contributed by atoms with Gasteiger partial charge in [0.15, 0.2) is 0 Å². The first kappa shape index (κ1) is 13.0. The fourth-order valence-corrected chi connectivity index (χ4v) is 1.98. The molecule has 0 atom stereocenters. The van der Waals surface area contributed by atoms with Gasteiger partial charge < -0.3 is 10.0 Å². The Labute approximate surface area is 96.7 Å². The first-order valence-electron chi connectivity index (χ1n) is 5.75. The van der Waals surface area contributed by atoms with Crippen LogP contribution in [0.25, 0.3) is 0 Å². The maximum atomic E-state index is 13.3. The van der Waals surface area contributed by atoms with Gasteiger partial charge in [-0.1, -0.05) is 13.8 Å². The molecule has 0 bridgehead atoms. The van der Waals surface area contributed by atoms with Crippen molar-refractivity contribution < 1.29 is 9.50 Å². The Balaban J connectivity index is 2.97. The Morgan fingerprint density at radius 1 is 1.25 bits per heavy atom. The van der Waals surface area contributed by atoms with E-state index in [1.54, 1.807) is 0 Å². The van der Waals surface area contributed by atoms with Crippen LogP contribution in [-0.4, -0.2) is 18.2 Å². The summed E-state index contributed by atoms with van der Waals surface area (Å²) < 4.78 is 13.3. The van der Waals surface area contributed by atoms with Gasteiger partial charge in [0.2, 0.25) is 0 Å². The maximum Gasteiger partial charge on any atom is 0.125 e. The standard InChI is InChI=1S/C13H20FNO/c1-4-12(5-2)15(3)13-7-10(9-16)6-11(14)8-13/h6-8,12,16H,4-5,9H2,1-3H3. The van der Waals surface area contributed by atoms with Crippen molar-refractivity contribution in [3.8, 4) is 0 Å². The number of aliphatic hydroxyl groups is 1. The number of halogens is 1. The van der Waals surface area contributed by atoms with Crippen LogP contribution in [0.1, 0.15) is 32.3 Å². The largest absolute Gasteiger partial charge is 0.392 e. The number of hydrogen-bond acceptors (Lipinski definition) is 2. The van der Waals surface area contributed by atoms with Crippen LogP contribution in [-0.2, 0) is 6.61 Å². The van der Waals surface area contributed by atoms with E-state index in [0.717, 1.165) is 18.5 Å². The number of nitrogens with zero attached hydrogens (tertiary/aromatic N) is 1. The minimum Gasteiger partial charge on any atom is -0.392 e.